The molecule has 4 aromatic heterocycles. The molecule has 1 aliphatic heterocycles. The summed E-state index contributed by atoms with van der Waals surface area (Å²) in [6, 6.07) is 18.6. The molecule has 1 fully saturated rings. The average Bonchev–Trinajstić information content (AvgIpc) is 3.30. The number of rotatable bonds is 10. The first kappa shape index (κ1) is 26.8. The lowest BCUT2D eigenvalue weighted by atomic mass is 10.1. The number of pyridine rings is 3. The van der Waals surface area contributed by atoms with Crippen LogP contribution in [0.2, 0.25) is 0 Å². The van der Waals surface area contributed by atoms with E-state index in [0.29, 0.717) is 48.5 Å². The largest absolute Gasteiger partial charge is 0.477 e. The minimum Gasteiger partial charge on any atom is -0.477 e. The molecule has 0 radical (unpaired) electrons. The van der Waals surface area contributed by atoms with E-state index in [4.69, 9.17) is 14.2 Å². The van der Waals surface area contributed by atoms with E-state index >= 15 is 0 Å². The molecule has 0 amide bonds. The monoisotopic (exact) mass is 569 g/mol. The van der Waals surface area contributed by atoms with Gasteiger partial charge in [0.1, 0.15) is 24.6 Å². The van der Waals surface area contributed by atoms with Crippen molar-refractivity contribution in [3.63, 3.8) is 0 Å². The molecule has 208 valence electrons. The lowest BCUT2D eigenvalue weighted by Crippen LogP contribution is -2.32. The molecule has 1 unspecified atom stereocenters. The van der Waals surface area contributed by atoms with Crippen LogP contribution in [0.1, 0.15) is 33.9 Å². The topological polar surface area (TPSA) is 121 Å². The number of hydrogen-bond acceptors (Lipinski definition) is 8. The smallest absolute Gasteiger partial charge is 0.354 e. The zero-order valence-electron chi connectivity index (χ0n) is 22.4. The van der Waals surface area contributed by atoms with Crippen LogP contribution < -0.4 is 14.8 Å². The molecule has 5 heterocycles. The Morgan fingerprint density at radius 1 is 1.05 bits per heavy atom. The minimum atomic E-state index is -1.09. The molecule has 0 bridgehead atoms. The van der Waals surface area contributed by atoms with E-state index in [0.717, 1.165) is 28.5 Å². The van der Waals surface area contributed by atoms with Gasteiger partial charge in [0.05, 0.1) is 18.3 Å². The molecule has 1 aromatic carbocycles. The molecular weight excluding hydrogens is 541 g/mol. The number of aryl methyl sites for hydroxylation is 1. The standard InChI is InChI=1S/C30H28N5O5P/c1-18-5-6-20(25(41)13-18)16-39-27-4-2-3-22(33-27)19-9-11-31-28(14-19)40-17-26-32-23-7-8-24(30(36)37)34-29(23)35(26)15-21-10-12-38-21/h2-9,11,13-14,21H,10,12,15-17,41H2,1H3,(H,36,37)/t21-/m0/s1. The van der Waals surface area contributed by atoms with Crippen LogP contribution in [0.15, 0.2) is 66.9 Å². The maximum absolute atomic E-state index is 11.5. The van der Waals surface area contributed by atoms with Gasteiger partial charge in [0.2, 0.25) is 11.8 Å². The molecular formula is C30H28N5O5P. The number of carboxylic acids is 1. The number of nitrogens with zero attached hydrogens (tertiary/aromatic N) is 5. The van der Waals surface area contributed by atoms with Crippen molar-refractivity contribution in [1.29, 1.82) is 0 Å². The van der Waals surface area contributed by atoms with Crippen LogP contribution in [0.25, 0.3) is 22.4 Å². The SMILES string of the molecule is Cc1ccc(COc2cccc(-c3ccnc(OCc4nc5ccc(C(=O)O)nc5n4C[C@@H]4CCO4)c3)n2)c(P)c1. The maximum atomic E-state index is 11.5. The average molecular weight is 570 g/mol. The highest BCUT2D eigenvalue weighted by atomic mass is 31.0. The third-order valence-corrected chi connectivity index (χ3v) is 7.39. The van der Waals surface area contributed by atoms with Crippen molar-refractivity contribution in [2.45, 2.75) is 39.2 Å². The van der Waals surface area contributed by atoms with Gasteiger partial charge in [0.25, 0.3) is 0 Å². The number of ether oxygens (including phenoxy) is 3. The van der Waals surface area contributed by atoms with E-state index in [1.807, 2.05) is 34.9 Å². The molecule has 0 saturated carbocycles. The van der Waals surface area contributed by atoms with Crippen LogP contribution in [0.3, 0.4) is 0 Å². The minimum absolute atomic E-state index is 0.0251. The summed E-state index contributed by atoms with van der Waals surface area (Å²) >= 11 is 0. The molecule has 10 nitrogen and oxygen atoms in total. The van der Waals surface area contributed by atoms with E-state index < -0.39 is 5.97 Å². The molecule has 1 aliphatic rings. The van der Waals surface area contributed by atoms with Crippen LogP contribution in [0.4, 0.5) is 0 Å². The summed E-state index contributed by atoms with van der Waals surface area (Å²) in [6.45, 7) is 3.81. The Bertz CT molecular complexity index is 1740. The number of benzene rings is 1. The fraction of sp³-hybridized carbons (Fsp3) is 0.233. The van der Waals surface area contributed by atoms with Gasteiger partial charge in [-0.05, 0) is 48.5 Å². The lowest BCUT2D eigenvalue weighted by molar-refractivity contribution is -0.0593. The third kappa shape index (κ3) is 6.04. The zero-order chi connectivity index (χ0) is 28.3. The Balaban J connectivity index is 1.19. The maximum Gasteiger partial charge on any atom is 0.354 e. The van der Waals surface area contributed by atoms with Gasteiger partial charge in [-0.3, -0.25) is 0 Å². The third-order valence-electron chi connectivity index (χ3n) is 6.85. The second kappa shape index (κ2) is 11.6. The van der Waals surface area contributed by atoms with Crippen molar-refractivity contribution in [3.8, 4) is 23.0 Å². The summed E-state index contributed by atoms with van der Waals surface area (Å²) in [4.78, 5) is 29.5. The molecule has 1 saturated heterocycles. The first-order valence-electron chi connectivity index (χ1n) is 13.2. The van der Waals surface area contributed by atoms with Gasteiger partial charge in [0.15, 0.2) is 11.3 Å². The Kier molecular flexibility index (Phi) is 7.59. The summed E-state index contributed by atoms with van der Waals surface area (Å²) in [5.41, 5.74) is 4.87. The van der Waals surface area contributed by atoms with Crippen molar-refractivity contribution in [2.75, 3.05) is 6.61 Å². The Hall–Kier alpha value is -4.40. The first-order valence-corrected chi connectivity index (χ1v) is 13.8. The second-order valence-electron chi connectivity index (χ2n) is 9.79. The molecule has 11 heteroatoms. The normalized spacial score (nSPS) is 14.5. The quantitative estimate of drug-likeness (QED) is 0.245. The molecule has 1 N–H and O–H groups in total. The number of fused-ring (bicyclic) bond motifs is 1. The van der Waals surface area contributed by atoms with Crippen molar-refractivity contribution >= 4 is 31.7 Å². The number of aromatic carboxylic acids is 1. The summed E-state index contributed by atoms with van der Waals surface area (Å²) in [5, 5.41) is 10.5. The van der Waals surface area contributed by atoms with Crippen molar-refractivity contribution in [3.05, 3.63) is 89.5 Å². The highest BCUT2D eigenvalue weighted by molar-refractivity contribution is 7.27. The fourth-order valence-electron chi connectivity index (χ4n) is 4.54. The number of hydrogen-bond donors (Lipinski definition) is 1. The van der Waals surface area contributed by atoms with Crippen LogP contribution in [0, 0.1) is 6.92 Å². The van der Waals surface area contributed by atoms with Crippen molar-refractivity contribution in [1.82, 2.24) is 24.5 Å². The predicted octanol–water partition coefficient (Wildman–Crippen LogP) is 4.34. The van der Waals surface area contributed by atoms with E-state index in [1.165, 1.54) is 11.6 Å². The van der Waals surface area contributed by atoms with Gasteiger partial charge >= 0.3 is 5.97 Å². The Morgan fingerprint density at radius 2 is 1.90 bits per heavy atom. The number of carboxylic acid groups (broad SMARTS) is 1. The Labute approximate surface area is 238 Å². The van der Waals surface area contributed by atoms with Crippen LogP contribution >= 0.6 is 9.24 Å². The highest BCUT2D eigenvalue weighted by Crippen LogP contribution is 2.25. The van der Waals surface area contributed by atoms with E-state index in [2.05, 4.69) is 54.3 Å². The molecule has 0 spiro atoms. The van der Waals surface area contributed by atoms with Crippen LogP contribution in [-0.2, 0) is 24.5 Å². The van der Waals surface area contributed by atoms with E-state index in [1.54, 1.807) is 12.3 Å². The van der Waals surface area contributed by atoms with Gasteiger partial charge < -0.3 is 23.9 Å². The van der Waals surface area contributed by atoms with Crippen molar-refractivity contribution in [2.24, 2.45) is 0 Å². The molecule has 0 aliphatic carbocycles. The van der Waals surface area contributed by atoms with Crippen LogP contribution in [-0.4, -0.2) is 48.3 Å². The number of carbonyl (C=O) groups is 1. The van der Waals surface area contributed by atoms with Crippen LogP contribution in [0.5, 0.6) is 11.8 Å². The van der Waals surface area contributed by atoms with Gasteiger partial charge in [-0.2, -0.15) is 0 Å². The summed E-state index contributed by atoms with van der Waals surface area (Å²) in [6.07, 6.45) is 2.61. The second-order valence-corrected chi connectivity index (χ2v) is 10.4. The predicted molar refractivity (Wildman–Crippen MR) is 155 cm³/mol. The highest BCUT2D eigenvalue weighted by Gasteiger charge is 2.23. The molecule has 2 atom stereocenters. The molecule has 41 heavy (non-hydrogen) atoms. The van der Waals surface area contributed by atoms with Gasteiger partial charge in [-0.25, -0.2) is 24.7 Å². The Morgan fingerprint density at radius 3 is 2.68 bits per heavy atom. The van der Waals surface area contributed by atoms with Gasteiger partial charge in [-0.1, -0.05) is 29.8 Å². The summed E-state index contributed by atoms with van der Waals surface area (Å²) in [7, 11) is 2.75. The fourth-order valence-corrected chi connectivity index (χ4v) is 4.98. The summed E-state index contributed by atoms with van der Waals surface area (Å²) < 4.78 is 19.5. The summed E-state index contributed by atoms with van der Waals surface area (Å²) in [5.74, 6) is 0.439. The first-order chi connectivity index (χ1) is 19.9. The molecule has 6 rings (SSSR count). The molecule has 5 aromatic rings. The van der Waals surface area contributed by atoms with Gasteiger partial charge in [0, 0.05) is 30.5 Å². The van der Waals surface area contributed by atoms with Gasteiger partial charge in [-0.15, -0.1) is 9.24 Å². The van der Waals surface area contributed by atoms with E-state index in [-0.39, 0.29) is 18.4 Å². The zero-order valence-corrected chi connectivity index (χ0v) is 23.5. The van der Waals surface area contributed by atoms with E-state index in [9.17, 15) is 9.90 Å². The van der Waals surface area contributed by atoms with Crippen molar-refractivity contribution < 1.29 is 24.1 Å². The lowest BCUT2D eigenvalue weighted by Gasteiger charge is -2.27. The number of aromatic nitrogens is 5. The number of imidazole rings is 1.